The molecule has 0 bridgehead atoms. The number of hydrogen-bond acceptors (Lipinski definition) is 2. The highest BCUT2D eigenvalue weighted by Crippen LogP contribution is 2.22. The van der Waals surface area contributed by atoms with E-state index in [1.165, 1.54) is 0 Å². The predicted molar refractivity (Wildman–Crippen MR) is 52.5 cm³/mol. The van der Waals surface area contributed by atoms with Crippen LogP contribution in [0.5, 0.6) is 0 Å². The van der Waals surface area contributed by atoms with Gasteiger partial charge in [0.15, 0.2) is 0 Å². The molecule has 0 saturated heterocycles. The van der Waals surface area contributed by atoms with Crippen molar-refractivity contribution in [1.29, 1.82) is 0 Å². The van der Waals surface area contributed by atoms with E-state index < -0.39 is 0 Å². The summed E-state index contributed by atoms with van der Waals surface area (Å²) in [6.07, 6.45) is 3.40. The summed E-state index contributed by atoms with van der Waals surface area (Å²) in [5.41, 5.74) is 1.71. The molecule has 0 saturated carbocycles. The maximum Gasteiger partial charge on any atom is 0.138 e. The molecule has 2 heterocycles. The minimum absolute atomic E-state index is 0.487. The van der Waals surface area contributed by atoms with E-state index in [4.69, 9.17) is 11.6 Å². The molecule has 0 aliphatic heterocycles. The molecule has 0 atom stereocenters. The summed E-state index contributed by atoms with van der Waals surface area (Å²) < 4.78 is 0. The first-order valence-corrected chi connectivity index (χ1v) is 4.27. The van der Waals surface area contributed by atoms with Crippen molar-refractivity contribution in [3.05, 3.63) is 47.9 Å². The van der Waals surface area contributed by atoms with Crippen molar-refractivity contribution < 1.29 is 0 Å². The highest BCUT2D eigenvalue weighted by atomic mass is 35.5. The Morgan fingerprint density at radius 2 is 1.77 bits per heavy atom. The van der Waals surface area contributed by atoms with Crippen LogP contribution in [0.3, 0.4) is 0 Å². The quantitative estimate of drug-likeness (QED) is 0.647. The van der Waals surface area contributed by atoms with E-state index in [9.17, 15) is 0 Å². The van der Waals surface area contributed by atoms with Gasteiger partial charge in [-0.05, 0) is 24.3 Å². The van der Waals surface area contributed by atoms with Gasteiger partial charge in [0.25, 0.3) is 0 Å². The average molecular weight is 191 g/mol. The van der Waals surface area contributed by atoms with Crippen LogP contribution in [0, 0.1) is 0 Å². The maximum absolute atomic E-state index is 5.91. The summed E-state index contributed by atoms with van der Waals surface area (Å²) in [6.45, 7) is 0. The minimum atomic E-state index is 0.487. The smallest absolute Gasteiger partial charge is 0.138 e. The third kappa shape index (κ3) is 1.68. The van der Waals surface area contributed by atoms with Crippen LogP contribution in [0.15, 0.2) is 42.7 Å². The maximum atomic E-state index is 5.91. The first-order chi connectivity index (χ1) is 6.38. The monoisotopic (exact) mass is 190 g/mol. The molecule has 0 aliphatic carbocycles. The molecule has 2 rings (SSSR count). The lowest BCUT2D eigenvalue weighted by atomic mass is 10.2. The predicted octanol–water partition coefficient (Wildman–Crippen LogP) is 2.80. The van der Waals surface area contributed by atoms with Crippen molar-refractivity contribution in [3.63, 3.8) is 0 Å². The Labute approximate surface area is 81.2 Å². The minimum Gasteiger partial charge on any atom is -0.256 e. The zero-order valence-electron chi connectivity index (χ0n) is 6.81. The standard InChI is InChI=1S/C10H7ClN2/c11-10-8(4-3-7-13-10)9-5-1-2-6-12-9/h1-7H. The molecule has 2 aromatic rings. The summed E-state index contributed by atoms with van der Waals surface area (Å²) >= 11 is 5.91. The molecule has 13 heavy (non-hydrogen) atoms. The van der Waals surface area contributed by atoms with E-state index >= 15 is 0 Å². The van der Waals surface area contributed by atoms with Gasteiger partial charge >= 0.3 is 0 Å². The van der Waals surface area contributed by atoms with Crippen LogP contribution >= 0.6 is 11.6 Å². The average Bonchev–Trinajstić information content (AvgIpc) is 2.20. The topological polar surface area (TPSA) is 25.8 Å². The molecule has 0 unspecified atom stereocenters. The van der Waals surface area contributed by atoms with Crippen molar-refractivity contribution in [2.45, 2.75) is 0 Å². The van der Waals surface area contributed by atoms with E-state index in [1.54, 1.807) is 12.4 Å². The second kappa shape index (κ2) is 3.54. The van der Waals surface area contributed by atoms with E-state index in [-0.39, 0.29) is 0 Å². The van der Waals surface area contributed by atoms with Gasteiger partial charge in [-0.3, -0.25) is 4.98 Å². The number of aromatic nitrogens is 2. The first kappa shape index (κ1) is 8.20. The largest absolute Gasteiger partial charge is 0.256 e. The normalized spacial score (nSPS) is 9.92. The van der Waals surface area contributed by atoms with Crippen molar-refractivity contribution in [1.82, 2.24) is 9.97 Å². The fraction of sp³-hybridized carbons (Fsp3) is 0. The number of pyridine rings is 2. The van der Waals surface area contributed by atoms with Crippen molar-refractivity contribution in [2.24, 2.45) is 0 Å². The van der Waals surface area contributed by atoms with E-state index in [2.05, 4.69) is 9.97 Å². The van der Waals surface area contributed by atoms with Gasteiger partial charge in [-0.1, -0.05) is 17.7 Å². The van der Waals surface area contributed by atoms with E-state index in [1.807, 2.05) is 30.3 Å². The molecule has 0 fully saturated rings. The lowest BCUT2D eigenvalue weighted by Gasteiger charge is -2.00. The lowest BCUT2D eigenvalue weighted by Crippen LogP contribution is -1.84. The Morgan fingerprint density at radius 3 is 2.46 bits per heavy atom. The van der Waals surface area contributed by atoms with Gasteiger partial charge in [-0.25, -0.2) is 4.98 Å². The second-order valence-corrected chi connectivity index (χ2v) is 2.91. The van der Waals surface area contributed by atoms with Gasteiger partial charge in [0.2, 0.25) is 0 Å². The Morgan fingerprint density at radius 1 is 0.923 bits per heavy atom. The Bertz CT molecular complexity index is 401. The number of rotatable bonds is 1. The molecule has 3 heteroatoms. The Hall–Kier alpha value is -1.41. The first-order valence-electron chi connectivity index (χ1n) is 3.90. The van der Waals surface area contributed by atoms with Crippen molar-refractivity contribution in [3.8, 4) is 11.3 Å². The number of halogens is 1. The second-order valence-electron chi connectivity index (χ2n) is 2.56. The molecule has 2 nitrogen and oxygen atoms in total. The van der Waals surface area contributed by atoms with Gasteiger partial charge < -0.3 is 0 Å². The molecule has 2 aromatic heterocycles. The van der Waals surface area contributed by atoms with Gasteiger partial charge in [-0.15, -0.1) is 0 Å². The van der Waals surface area contributed by atoms with Crippen molar-refractivity contribution >= 4 is 11.6 Å². The lowest BCUT2D eigenvalue weighted by molar-refractivity contribution is 1.28. The molecule has 0 aliphatic rings. The highest BCUT2D eigenvalue weighted by molar-refractivity contribution is 6.31. The third-order valence-electron chi connectivity index (χ3n) is 1.70. The molecule has 0 N–H and O–H groups in total. The zero-order chi connectivity index (χ0) is 9.10. The van der Waals surface area contributed by atoms with Crippen LogP contribution in [0.25, 0.3) is 11.3 Å². The molecule has 0 radical (unpaired) electrons. The van der Waals surface area contributed by atoms with Crippen LogP contribution in [0.4, 0.5) is 0 Å². The van der Waals surface area contributed by atoms with Gasteiger partial charge in [0, 0.05) is 18.0 Å². The van der Waals surface area contributed by atoms with Crippen LogP contribution in [0.1, 0.15) is 0 Å². The fourth-order valence-corrected chi connectivity index (χ4v) is 1.32. The number of hydrogen-bond donors (Lipinski definition) is 0. The summed E-state index contributed by atoms with van der Waals surface area (Å²) in [7, 11) is 0. The zero-order valence-corrected chi connectivity index (χ0v) is 7.57. The summed E-state index contributed by atoms with van der Waals surface area (Å²) in [4.78, 5) is 8.17. The van der Waals surface area contributed by atoms with Crippen LogP contribution < -0.4 is 0 Å². The molecule has 0 spiro atoms. The molecular weight excluding hydrogens is 184 g/mol. The Kier molecular flexibility index (Phi) is 2.23. The number of nitrogens with zero attached hydrogens (tertiary/aromatic N) is 2. The Balaban J connectivity index is 2.54. The van der Waals surface area contributed by atoms with E-state index in [0.717, 1.165) is 11.3 Å². The van der Waals surface area contributed by atoms with Gasteiger partial charge in [-0.2, -0.15) is 0 Å². The van der Waals surface area contributed by atoms with Crippen LogP contribution in [0.2, 0.25) is 5.15 Å². The summed E-state index contributed by atoms with van der Waals surface area (Å²) in [6, 6.07) is 9.44. The third-order valence-corrected chi connectivity index (χ3v) is 2.00. The SMILES string of the molecule is Clc1ncccc1-c1ccccn1. The fourth-order valence-electron chi connectivity index (χ4n) is 1.10. The molecular formula is C10H7ClN2. The van der Waals surface area contributed by atoms with Gasteiger partial charge in [0.05, 0.1) is 5.69 Å². The van der Waals surface area contributed by atoms with Crippen LogP contribution in [-0.4, -0.2) is 9.97 Å². The highest BCUT2D eigenvalue weighted by Gasteiger charge is 2.02. The molecule has 64 valence electrons. The van der Waals surface area contributed by atoms with Crippen LogP contribution in [-0.2, 0) is 0 Å². The molecule has 0 aromatic carbocycles. The summed E-state index contributed by atoms with van der Waals surface area (Å²) in [5.74, 6) is 0. The summed E-state index contributed by atoms with van der Waals surface area (Å²) in [5, 5.41) is 0.487. The van der Waals surface area contributed by atoms with Crippen molar-refractivity contribution in [2.75, 3.05) is 0 Å². The van der Waals surface area contributed by atoms with E-state index in [0.29, 0.717) is 5.15 Å². The van der Waals surface area contributed by atoms with Gasteiger partial charge in [0.1, 0.15) is 5.15 Å². The molecule has 0 amide bonds.